The van der Waals surface area contributed by atoms with E-state index in [1.807, 2.05) is 19.1 Å². The Morgan fingerprint density at radius 2 is 2.25 bits per heavy atom. The summed E-state index contributed by atoms with van der Waals surface area (Å²) in [6.07, 6.45) is 6.28. The molecule has 4 nitrogen and oxygen atoms in total. The molecule has 5 atom stereocenters. The van der Waals surface area contributed by atoms with Crippen molar-refractivity contribution in [2.75, 3.05) is 13.2 Å². The van der Waals surface area contributed by atoms with Crippen molar-refractivity contribution in [1.82, 2.24) is 0 Å². The van der Waals surface area contributed by atoms with Crippen LogP contribution in [0.4, 0.5) is 0 Å². The van der Waals surface area contributed by atoms with E-state index in [1.165, 1.54) is 0 Å². The molecule has 2 aliphatic carbocycles. The average Bonchev–Trinajstić information content (AvgIpc) is 2.39. The van der Waals surface area contributed by atoms with E-state index in [-0.39, 0.29) is 18.3 Å². The minimum atomic E-state index is -0.994. The van der Waals surface area contributed by atoms with Gasteiger partial charge in [-0.25, -0.2) is 0 Å². The van der Waals surface area contributed by atoms with Gasteiger partial charge < -0.3 is 14.9 Å². The van der Waals surface area contributed by atoms with Gasteiger partial charge in [-0.1, -0.05) is 19.1 Å². The Morgan fingerprint density at radius 1 is 1.50 bits per heavy atom. The summed E-state index contributed by atoms with van der Waals surface area (Å²) in [7, 11) is 0. The molecule has 1 aliphatic heterocycles. The van der Waals surface area contributed by atoms with Gasteiger partial charge in [-0.3, -0.25) is 4.79 Å². The number of Topliss-reactive ketones (excluding diaryl/α,β-unsaturated/α-hetero) is 1. The number of fused-ring (bicyclic) bond motifs is 3. The lowest BCUT2D eigenvalue weighted by molar-refractivity contribution is -0.192. The van der Waals surface area contributed by atoms with E-state index >= 15 is 0 Å². The van der Waals surface area contributed by atoms with Gasteiger partial charge >= 0.3 is 0 Å². The Labute approximate surface area is 119 Å². The maximum atomic E-state index is 12.6. The number of rotatable bonds is 1. The molecular weight excluding hydrogens is 256 g/mol. The Kier molecular flexibility index (Phi) is 3.16. The van der Waals surface area contributed by atoms with E-state index in [1.54, 1.807) is 0 Å². The van der Waals surface area contributed by atoms with Crippen LogP contribution in [-0.4, -0.2) is 40.9 Å². The molecule has 4 heteroatoms. The van der Waals surface area contributed by atoms with Gasteiger partial charge in [-0.15, -0.1) is 0 Å². The van der Waals surface area contributed by atoms with Crippen molar-refractivity contribution in [2.45, 2.75) is 38.4 Å². The van der Waals surface area contributed by atoms with Gasteiger partial charge in [0.15, 0.2) is 0 Å². The number of carbonyl (C=O) groups is 1. The lowest BCUT2D eigenvalue weighted by Gasteiger charge is -2.56. The summed E-state index contributed by atoms with van der Waals surface area (Å²) in [6, 6.07) is 0. The fraction of sp³-hybridized carbons (Fsp3) is 0.688. The van der Waals surface area contributed by atoms with E-state index in [0.717, 1.165) is 5.57 Å². The average molecular weight is 278 g/mol. The van der Waals surface area contributed by atoms with Crippen molar-refractivity contribution in [3.05, 3.63) is 23.8 Å². The van der Waals surface area contributed by atoms with Crippen molar-refractivity contribution in [2.24, 2.45) is 17.3 Å². The van der Waals surface area contributed by atoms with Crippen molar-refractivity contribution >= 4 is 5.78 Å². The van der Waals surface area contributed by atoms with Crippen LogP contribution in [0, 0.1) is 17.3 Å². The van der Waals surface area contributed by atoms with E-state index in [0.29, 0.717) is 25.4 Å². The highest BCUT2D eigenvalue weighted by atomic mass is 16.5. The van der Waals surface area contributed by atoms with Crippen LogP contribution in [0.1, 0.15) is 26.7 Å². The predicted octanol–water partition coefficient (Wildman–Crippen LogP) is 1.23. The van der Waals surface area contributed by atoms with E-state index in [9.17, 15) is 15.0 Å². The first kappa shape index (κ1) is 14.0. The second kappa shape index (κ2) is 4.52. The molecule has 0 aromatic heterocycles. The lowest BCUT2D eigenvalue weighted by Crippen LogP contribution is -2.65. The SMILES string of the molecule is C[C@@H]1C=C2C=C[C@]3(CO)OCCC(=O)[C@]3(C)[C@H]2[C@@H](O)C1. The molecule has 0 bridgehead atoms. The number of aliphatic hydroxyl groups is 2. The number of carbonyl (C=O) groups excluding carboxylic acids is 1. The van der Waals surface area contributed by atoms with Crippen LogP contribution in [0.3, 0.4) is 0 Å². The quantitative estimate of drug-likeness (QED) is 0.757. The highest BCUT2D eigenvalue weighted by molar-refractivity contribution is 5.88. The number of hydrogen-bond acceptors (Lipinski definition) is 4. The topological polar surface area (TPSA) is 66.8 Å². The summed E-state index contributed by atoms with van der Waals surface area (Å²) in [5, 5.41) is 20.4. The Morgan fingerprint density at radius 3 is 2.95 bits per heavy atom. The predicted molar refractivity (Wildman–Crippen MR) is 74.0 cm³/mol. The molecule has 110 valence electrons. The lowest BCUT2D eigenvalue weighted by atomic mass is 9.53. The number of ketones is 1. The van der Waals surface area contributed by atoms with Crippen molar-refractivity contribution in [3.63, 3.8) is 0 Å². The first-order chi connectivity index (χ1) is 9.44. The van der Waals surface area contributed by atoms with Crippen molar-refractivity contribution < 1.29 is 19.7 Å². The van der Waals surface area contributed by atoms with E-state index in [4.69, 9.17) is 4.74 Å². The smallest absolute Gasteiger partial charge is 0.145 e. The van der Waals surface area contributed by atoms with Gasteiger partial charge in [0.1, 0.15) is 11.4 Å². The summed E-state index contributed by atoms with van der Waals surface area (Å²) < 4.78 is 5.82. The third-order valence-electron chi connectivity index (χ3n) is 5.38. The normalized spacial score (nSPS) is 47.5. The van der Waals surface area contributed by atoms with Gasteiger partial charge in [0.05, 0.1) is 24.7 Å². The number of allylic oxidation sites excluding steroid dienone is 2. The Balaban J connectivity index is 2.18. The molecule has 0 aromatic rings. The summed E-state index contributed by atoms with van der Waals surface area (Å²) in [6.45, 7) is 4.00. The molecule has 0 aromatic carbocycles. The number of hydrogen-bond donors (Lipinski definition) is 2. The van der Waals surface area contributed by atoms with Gasteiger partial charge in [-0.2, -0.15) is 0 Å². The number of aliphatic hydroxyl groups excluding tert-OH is 2. The summed E-state index contributed by atoms with van der Waals surface area (Å²) >= 11 is 0. The van der Waals surface area contributed by atoms with Gasteiger partial charge in [-0.05, 0) is 30.9 Å². The minimum Gasteiger partial charge on any atom is -0.393 e. The molecule has 3 rings (SSSR count). The van der Waals surface area contributed by atoms with Crippen LogP contribution in [0.25, 0.3) is 0 Å². The van der Waals surface area contributed by atoms with Gasteiger partial charge in [0.2, 0.25) is 0 Å². The molecule has 2 N–H and O–H groups in total. The summed E-state index contributed by atoms with van der Waals surface area (Å²) in [4.78, 5) is 12.6. The molecule has 20 heavy (non-hydrogen) atoms. The van der Waals surface area contributed by atoms with Gasteiger partial charge in [0.25, 0.3) is 0 Å². The zero-order valence-corrected chi connectivity index (χ0v) is 12.0. The van der Waals surface area contributed by atoms with E-state index < -0.39 is 17.1 Å². The second-order valence-corrected chi connectivity index (χ2v) is 6.53. The first-order valence-corrected chi connectivity index (χ1v) is 7.32. The molecule has 0 unspecified atom stereocenters. The van der Waals surface area contributed by atoms with Crippen LogP contribution in [0.5, 0.6) is 0 Å². The fourth-order valence-corrected chi connectivity index (χ4v) is 4.24. The van der Waals surface area contributed by atoms with Crippen molar-refractivity contribution in [3.8, 4) is 0 Å². The Bertz CT molecular complexity index is 495. The second-order valence-electron chi connectivity index (χ2n) is 6.53. The molecule has 3 aliphatic rings. The minimum absolute atomic E-state index is 0.0756. The third kappa shape index (κ3) is 1.62. The fourth-order valence-electron chi connectivity index (χ4n) is 4.24. The van der Waals surface area contributed by atoms with Crippen LogP contribution in [0.15, 0.2) is 23.8 Å². The highest BCUT2D eigenvalue weighted by Crippen LogP contribution is 2.55. The molecule has 0 saturated carbocycles. The molecule has 1 saturated heterocycles. The molecule has 0 amide bonds. The summed E-state index contributed by atoms with van der Waals surface area (Å²) in [5.41, 5.74) is -0.881. The Hall–Kier alpha value is -0.970. The molecule has 1 fully saturated rings. The first-order valence-electron chi connectivity index (χ1n) is 7.32. The highest BCUT2D eigenvalue weighted by Gasteiger charge is 2.62. The van der Waals surface area contributed by atoms with E-state index in [2.05, 4.69) is 13.0 Å². The maximum Gasteiger partial charge on any atom is 0.145 e. The zero-order chi connectivity index (χ0) is 14.5. The van der Waals surface area contributed by atoms with Crippen molar-refractivity contribution in [1.29, 1.82) is 0 Å². The summed E-state index contributed by atoms with van der Waals surface area (Å²) in [5.74, 6) is 0.0843. The molecule has 0 spiro atoms. The number of ether oxygens (including phenoxy) is 1. The monoisotopic (exact) mass is 278 g/mol. The third-order valence-corrected chi connectivity index (χ3v) is 5.38. The van der Waals surface area contributed by atoms with Crippen LogP contribution in [0.2, 0.25) is 0 Å². The zero-order valence-electron chi connectivity index (χ0n) is 12.0. The molecular formula is C16H22O4. The molecule has 0 radical (unpaired) electrons. The van der Waals surface area contributed by atoms with Crippen LogP contribution < -0.4 is 0 Å². The van der Waals surface area contributed by atoms with Crippen LogP contribution >= 0.6 is 0 Å². The van der Waals surface area contributed by atoms with Gasteiger partial charge in [0, 0.05) is 12.3 Å². The van der Waals surface area contributed by atoms with Crippen LogP contribution in [-0.2, 0) is 9.53 Å². The largest absolute Gasteiger partial charge is 0.393 e. The standard InChI is InChI=1S/C16H22O4/c1-10-7-11-3-5-16(9-17)15(2,13(19)4-6-20-16)14(11)12(18)8-10/h3,5,7,10,12,14,17-18H,4,6,8-9H2,1-2H3/t10-,12+,14-,15-,16-/m1/s1. The molecule has 1 heterocycles. The maximum absolute atomic E-state index is 12.6.